The summed E-state index contributed by atoms with van der Waals surface area (Å²) in [6.07, 6.45) is 5.55. The fourth-order valence-corrected chi connectivity index (χ4v) is 3.05. The maximum atomic E-state index is 11.8. The maximum absolute atomic E-state index is 11.8. The molecule has 1 aromatic rings. The standard InChI is InChI=1S/C13H15BrClNO/c14-11-8-10(15)5-6-12(11)16-13(17)7-9-3-1-2-4-9/h5-6,8-9H,1-4,7H2,(H,16,17). The van der Waals surface area contributed by atoms with Gasteiger partial charge >= 0.3 is 0 Å². The molecule has 1 aromatic carbocycles. The lowest BCUT2D eigenvalue weighted by atomic mass is 10.0. The molecule has 1 amide bonds. The molecule has 1 aliphatic rings. The third-order valence-corrected chi connectivity index (χ3v) is 4.05. The van der Waals surface area contributed by atoms with Crippen LogP contribution in [0.15, 0.2) is 22.7 Å². The number of benzene rings is 1. The fraction of sp³-hybridized carbons (Fsp3) is 0.462. The average Bonchev–Trinajstić information content (AvgIpc) is 2.75. The Morgan fingerprint density at radius 1 is 1.41 bits per heavy atom. The molecular weight excluding hydrogens is 302 g/mol. The summed E-state index contributed by atoms with van der Waals surface area (Å²) >= 11 is 9.24. The van der Waals surface area contributed by atoms with Gasteiger partial charge in [-0.25, -0.2) is 0 Å². The molecule has 17 heavy (non-hydrogen) atoms. The normalized spacial score (nSPS) is 16.1. The van der Waals surface area contributed by atoms with E-state index in [-0.39, 0.29) is 5.91 Å². The Hall–Kier alpha value is -0.540. The van der Waals surface area contributed by atoms with Crippen LogP contribution in [0.5, 0.6) is 0 Å². The van der Waals surface area contributed by atoms with Gasteiger partial charge in [0.05, 0.1) is 5.69 Å². The lowest BCUT2D eigenvalue weighted by molar-refractivity contribution is -0.117. The van der Waals surface area contributed by atoms with Gasteiger partial charge in [-0.2, -0.15) is 0 Å². The molecule has 0 radical (unpaired) electrons. The molecule has 4 heteroatoms. The quantitative estimate of drug-likeness (QED) is 0.866. The van der Waals surface area contributed by atoms with E-state index in [0.717, 1.165) is 10.2 Å². The Bertz CT molecular complexity index is 416. The summed E-state index contributed by atoms with van der Waals surface area (Å²) < 4.78 is 0.824. The summed E-state index contributed by atoms with van der Waals surface area (Å²) in [5.41, 5.74) is 0.789. The molecule has 0 saturated heterocycles. The zero-order chi connectivity index (χ0) is 12.3. The van der Waals surface area contributed by atoms with E-state index in [2.05, 4.69) is 21.2 Å². The molecule has 1 N–H and O–H groups in total. The van der Waals surface area contributed by atoms with Gasteiger partial charge < -0.3 is 5.32 Å². The van der Waals surface area contributed by atoms with Crippen molar-refractivity contribution >= 4 is 39.1 Å². The first-order chi connectivity index (χ1) is 8.15. The van der Waals surface area contributed by atoms with Crippen molar-refractivity contribution in [2.24, 2.45) is 5.92 Å². The van der Waals surface area contributed by atoms with Crippen molar-refractivity contribution < 1.29 is 4.79 Å². The molecule has 2 nitrogen and oxygen atoms in total. The van der Waals surface area contributed by atoms with E-state index in [9.17, 15) is 4.79 Å². The Morgan fingerprint density at radius 3 is 2.76 bits per heavy atom. The molecule has 1 saturated carbocycles. The Labute approximate surface area is 115 Å². The van der Waals surface area contributed by atoms with Crippen LogP contribution in [0, 0.1) is 5.92 Å². The van der Waals surface area contributed by atoms with Gasteiger partial charge in [0.25, 0.3) is 0 Å². The van der Waals surface area contributed by atoms with Crippen LogP contribution < -0.4 is 5.32 Å². The lowest BCUT2D eigenvalue weighted by Gasteiger charge is -2.10. The largest absolute Gasteiger partial charge is 0.325 e. The molecule has 0 aliphatic heterocycles. The SMILES string of the molecule is O=C(CC1CCCC1)Nc1ccc(Cl)cc1Br. The van der Waals surface area contributed by atoms with Crippen molar-refractivity contribution in [2.45, 2.75) is 32.1 Å². The van der Waals surface area contributed by atoms with Crippen LogP contribution in [0.2, 0.25) is 5.02 Å². The van der Waals surface area contributed by atoms with Crippen molar-refractivity contribution in [1.29, 1.82) is 0 Å². The van der Waals surface area contributed by atoms with Crippen LogP contribution in [0.3, 0.4) is 0 Å². The molecule has 0 spiro atoms. The molecular formula is C13H15BrClNO. The van der Waals surface area contributed by atoms with Crippen molar-refractivity contribution in [3.63, 3.8) is 0 Å². The van der Waals surface area contributed by atoms with Gasteiger partial charge in [-0.15, -0.1) is 0 Å². The molecule has 1 fully saturated rings. The smallest absolute Gasteiger partial charge is 0.224 e. The Balaban J connectivity index is 1.93. The second-order valence-electron chi connectivity index (χ2n) is 4.53. The van der Waals surface area contributed by atoms with Crippen molar-refractivity contribution in [3.05, 3.63) is 27.7 Å². The molecule has 1 aliphatic carbocycles. The van der Waals surface area contributed by atoms with Crippen LogP contribution in [0.4, 0.5) is 5.69 Å². The first kappa shape index (κ1) is 12.9. The van der Waals surface area contributed by atoms with E-state index in [4.69, 9.17) is 11.6 Å². The number of halogens is 2. The van der Waals surface area contributed by atoms with Crippen molar-refractivity contribution in [3.8, 4) is 0 Å². The molecule has 0 unspecified atom stereocenters. The third-order valence-electron chi connectivity index (χ3n) is 3.15. The van der Waals surface area contributed by atoms with Crippen molar-refractivity contribution in [2.75, 3.05) is 5.32 Å². The first-order valence-corrected chi connectivity index (χ1v) is 7.07. The van der Waals surface area contributed by atoms with E-state index in [1.165, 1.54) is 25.7 Å². The van der Waals surface area contributed by atoms with E-state index in [0.29, 0.717) is 17.4 Å². The lowest BCUT2D eigenvalue weighted by Crippen LogP contribution is -2.15. The van der Waals surface area contributed by atoms with Crippen LogP contribution in [-0.2, 0) is 4.79 Å². The van der Waals surface area contributed by atoms with Crippen LogP contribution in [-0.4, -0.2) is 5.91 Å². The molecule has 0 atom stereocenters. The number of rotatable bonds is 3. The molecule has 2 rings (SSSR count). The van der Waals surface area contributed by atoms with E-state index in [1.807, 2.05) is 6.07 Å². The van der Waals surface area contributed by atoms with Crippen LogP contribution in [0.25, 0.3) is 0 Å². The molecule has 92 valence electrons. The number of hydrogen-bond acceptors (Lipinski definition) is 1. The predicted molar refractivity (Wildman–Crippen MR) is 74.4 cm³/mol. The fourth-order valence-electron chi connectivity index (χ4n) is 2.27. The number of anilines is 1. The number of hydrogen-bond donors (Lipinski definition) is 1. The van der Waals surface area contributed by atoms with E-state index >= 15 is 0 Å². The number of amides is 1. The molecule has 0 aromatic heterocycles. The summed E-state index contributed by atoms with van der Waals surface area (Å²) in [7, 11) is 0. The zero-order valence-electron chi connectivity index (χ0n) is 9.51. The molecule has 0 bridgehead atoms. The van der Waals surface area contributed by atoms with Gasteiger partial charge in [-0.05, 0) is 52.9 Å². The monoisotopic (exact) mass is 315 g/mol. The summed E-state index contributed by atoms with van der Waals surface area (Å²) in [5.74, 6) is 0.668. The van der Waals surface area contributed by atoms with E-state index in [1.54, 1.807) is 12.1 Å². The number of carbonyl (C=O) groups excluding carboxylic acids is 1. The highest BCUT2D eigenvalue weighted by molar-refractivity contribution is 9.10. The predicted octanol–water partition coefficient (Wildman–Crippen LogP) is 4.62. The van der Waals surface area contributed by atoms with Gasteiger partial charge in [0.15, 0.2) is 0 Å². The van der Waals surface area contributed by atoms with Crippen LogP contribution >= 0.6 is 27.5 Å². The topological polar surface area (TPSA) is 29.1 Å². The second kappa shape index (κ2) is 5.87. The Morgan fingerprint density at radius 2 is 2.12 bits per heavy atom. The highest BCUT2D eigenvalue weighted by atomic mass is 79.9. The average molecular weight is 317 g/mol. The minimum atomic E-state index is 0.0972. The van der Waals surface area contributed by atoms with Gasteiger partial charge in [0.1, 0.15) is 0 Å². The minimum absolute atomic E-state index is 0.0972. The minimum Gasteiger partial charge on any atom is -0.325 e. The summed E-state index contributed by atoms with van der Waals surface area (Å²) in [4.78, 5) is 11.8. The number of carbonyl (C=O) groups is 1. The molecule has 0 heterocycles. The van der Waals surface area contributed by atoms with Gasteiger partial charge in [0.2, 0.25) is 5.91 Å². The third kappa shape index (κ3) is 3.71. The van der Waals surface area contributed by atoms with Gasteiger partial charge in [-0.1, -0.05) is 24.4 Å². The summed E-state index contributed by atoms with van der Waals surface area (Å²) in [6.45, 7) is 0. The maximum Gasteiger partial charge on any atom is 0.224 e. The first-order valence-electron chi connectivity index (χ1n) is 5.90. The summed E-state index contributed by atoms with van der Waals surface area (Å²) in [5, 5.41) is 3.58. The van der Waals surface area contributed by atoms with Gasteiger partial charge in [0, 0.05) is 15.9 Å². The van der Waals surface area contributed by atoms with Crippen molar-refractivity contribution in [1.82, 2.24) is 0 Å². The second-order valence-corrected chi connectivity index (χ2v) is 5.82. The summed E-state index contributed by atoms with van der Waals surface area (Å²) in [6, 6.07) is 5.38. The number of nitrogens with one attached hydrogen (secondary N) is 1. The highest BCUT2D eigenvalue weighted by Gasteiger charge is 2.18. The zero-order valence-corrected chi connectivity index (χ0v) is 11.9. The van der Waals surface area contributed by atoms with Gasteiger partial charge in [-0.3, -0.25) is 4.79 Å². The van der Waals surface area contributed by atoms with Crippen LogP contribution in [0.1, 0.15) is 32.1 Å². The van der Waals surface area contributed by atoms with E-state index < -0.39 is 0 Å². The highest BCUT2D eigenvalue weighted by Crippen LogP contribution is 2.29. The Kier molecular flexibility index (Phi) is 4.46.